The zero-order chi connectivity index (χ0) is 18.6. The second kappa shape index (κ2) is 8.41. The summed E-state index contributed by atoms with van der Waals surface area (Å²) in [4.78, 5) is 5.64. The zero-order valence-electron chi connectivity index (χ0n) is 16.3. The summed E-state index contributed by atoms with van der Waals surface area (Å²) >= 11 is 2.10. The molecule has 1 atom stereocenters. The standard InChI is InChI=1S/C23H29N3S/c1-26(2)19-9-7-17(8-10-19)21(15-24-18-11-13-27-14-12-18)22-16-25-23-6-4-3-5-20(22)23/h3-10,16,18,21,24-25H,11-15H2,1-2H3/p+1/t21-/m1/s1. The fraction of sp³-hybridized carbons (Fsp3) is 0.391. The van der Waals surface area contributed by atoms with Gasteiger partial charge < -0.3 is 15.2 Å². The van der Waals surface area contributed by atoms with Crippen LogP contribution < -0.4 is 10.2 Å². The number of thioether (sulfide) groups is 1. The lowest BCUT2D eigenvalue weighted by Crippen LogP contribution is -2.91. The van der Waals surface area contributed by atoms with Crippen molar-refractivity contribution in [1.29, 1.82) is 0 Å². The van der Waals surface area contributed by atoms with E-state index in [0.717, 1.165) is 12.6 Å². The third kappa shape index (κ3) is 4.17. The lowest BCUT2D eigenvalue weighted by Gasteiger charge is -2.23. The quantitative estimate of drug-likeness (QED) is 0.682. The molecule has 0 radical (unpaired) electrons. The molecule has 4 rings (SSSR count). The Bertz CT molecular complexity index is 863. The van der Waals surface area contributed by atoms with Crippen LogP contribution in [-0.2, 0) is 0 Å². The number of para-hydroxylation sites is 1. The van der Waals surface area contributed by atoms with Crippen LogP contribution in [0.15, 0.2) is 54.7 Å². The van der Waals surface area contributed by atoms with E-state index in [1.54, 1.807) is 0 Å². The van der Waals surface area contributed by atoms with Gasteiger partial charge in [-0.15, -0.1) is 0 Å². The normalized spacial score (nSPS) is 16.5. The van der Waals surface area contributed by atoms with E-state index in [4.69, 9.17) is 0 Å². The number of rotatable bonds is 6. The van der Waals surface area contributed by atoms with Crippen LogP contribution in [0.3, 0.4) is 0 Å². The highest BCUT2D eigenvalue weighted by Crippen LogP contribution is 2.31. The second-order valence-electron chi connectivity index (χ2n) is 7.75. The third-order valence-electron chi connectivity index (χ3n) is 5.78. The van der Waals surface area contributed by atoms with Crippen LogP contribution in [0.5, 0.6) is 0 Å². The van der Waals surface area contributed by atoms with E-state index < -0.39 is 0 Å². The second-order valence-corrected chi connectivity index (χ2v) is 8.97. The minimum absolute atomic E-state index is 0.409. The van der Waals surface area contributed by atoms with E-state index in [9.17, 15) is 0 Å². The summed E-state index contributed by atoms with van der Waals surface area (Å²) in [7, 11) is 4.20. The Hall–Kier alpha value is -1.91. The molecule has 0 amide bonds. The minimum Gasteiger partial charge on any atom is -0.378 e. The van der Waals surface area contributed by atoms with Gasteiger partial charge in [-0.1, -0.05) is 30.3 Å². The molecule has 4 heteroatoms. The third-order valence-corrected chi connectivity index (χ3v) is 6.83. The summed E-state index contributed by atoms with van der Waals surface area (Å²) in [5.74, 6) is 3.04. The maximum Gasteiger partial charge on any atom is 0.0875 e. The van der Waals surface area contributed by atoms with E-state index >= 15 is 0 Å². The number of quaternary nitrogens is 1. The van der Waals surface area contributed by atoms with Crippen LogP contribution >= 0.6 is 11.8 Å². The Kier molecular flexibility index (Phi) is 5.74. The fourth-order valence-corrected chi connectivity index (χ4v) is 5.25. The average Bonchev–Trinajstić information content (AvgIpc) is 3.13. The number of fused-ring (bicyclic) bond motifs is 1. The minimum atomic E-state index is 0.409. The number of aromatic nitrogens is 1. The first-order valence-corrected chi connectivity index (χ1v) is 11.1. The van der Waals surface area contributed by atoms with Gasteiger partial charge in [0.15, 0.2) is 0 Å². The van der Waals surface area contributed by atoms with Crippen molar-refractivity contribution in [2.45, 2.75) is 24.8 Å². The molecule has 1 aliphatic rings. The molecule has 1 aliphatic heterocycles. The van der Waals surface area contributed by atoms with Crippen molar-refractivity contribution in [2.75, 3.05) is 37.0 Å². The molecule has 0 spiro atoms. The number of hydrogen-bond donors (Lipinski definition) is 2. The van der Waals surface area contributed by atoms with Gasteiger partial charge in [0, 0.05) is 49.7 Å². The maximum atomic E-state index is 3.48. The number of benzene rings is 2. The smallest absolute Gasteiger partial charge is 0.0875 e. The molecule has 3 N–H and O–H groups in total. The van der Waals surface area contributed by atoms with Crippen LogP contribution in [0.2, 0.25) is 0 Å². The Balaban J connectivity index is 1.63. The van der Waals surface area contributed by atoms with Gasteiger partial charge in [0.1, 0.15) is 0 Å². The van der Waals surface area contributed by atoms with E-state index in [1.165, 1.54) is 52.1 Å². The van der Waals surface area contributed by atoms with E-state index in [0.29, 0.717) is 5.92 Å². The van der Waals surface area contributed by atoms with Gasteiger partial charge in [0.2, 0.25) is 0 Å². The monoisotopic (exact) mass is 380 g/mol. The zero-order valence-corrected chi connectivity index (χ0v) is 17.1. The molecule has 0 unspecified atom stereocenters. The summed E-state index contributed by atoms with van der Waals surface area (Å²) in [6.45, 7) is 1.11. The SMILES string of the molecule is CN(C)c1ccc([C@@H](C[NH2+]C2CCSCC2)c2c[nH]c3ccccc23)cc1. The number of hydrogen-bond acceptors (Lipinski definition) is 2. The van der Waals surface area contributed by atoms with Crippen LogP contribution in [-0.4, -0.2) is 43.2 Å². The van der Waals surface area contributed by atoms with Gasteiger partial charge in [-0.05, 0) is 40.8 Å². The van der Waals surface area contributed by atoms with E-state index in [1.807, 2.05) is 0 Å². The summed E-state index contributed by atoms with van der Waals surface area (Å²) in [5.41, 5.74) is 5.32. The molecule has 1 aromatic heterocycles. The first kappa shape index (κ1) is 18.5. The van der Waals surface area contributed by atoms with Crippen LogP contribution in [0.1, 0.15) is 29.9 Å². The molecule has 0 bridgehead atoms. The first-order valence-electron chi connectivity index (χ1n) is 9.97. The highest BCUT2D eigenvalue weighted by molar-refractivity contribution is 7.99. The van der Waals surface area contributed by atoms with E-state index in [2.05, 4.69) is 95.8 Å². The Labute approximate surface area is 166 Å². The topological polar surface area (TPSA) is 35.6 Å². The number of nitrogens with one attached hydrogen (secondary N) is 1. The number of nitrogens with zero attached hydrogens (tertiary/aromatic N) is 1. The number of aromatic amines is 1. The van der Waals surface area contributed by atoms with Crippen molar-refractivity contribution >= 4 is 28.4 Å². The van der Waals surface area contributed by atoms with Gasteiger partial charge in [-0.3, -0.25) is 0 Å². The van der Waals surface area contributed by atoms with Gasteiger partial charge in [0.25, 0.3) is 0 Å². The number of nitrogens with two attached hydrogens (primary N) is 1. The molecule has 2 heterocycles. The molecular formula is C23H30N3S+. The molecule has 1 fully saturated rings. The molecular weight excluding hydrogens is 350 g/mol. The van der Waals surface area contributed by atoms with Crippen LogP contribution in [0.25, 0.3) is 10.9 Å². The molecule has 0 saturated carbocycles. The molecule has 3 aromatic rings. The molecule has 3 nitrogen and oxygen atoms in total. The molecule has 1 saturated heterocycles. The van der Waals surface area contributed by atoms with Crippen molar-refractivity contribution in [1.82, 2.24) is 4.98 Å². The number of anilines is 1. The Morgan fingerprint density at radius 1 is 1.07 bits per heavy atom. The first-order chi connectivity index (χ1) is 13.2. The summed E-state index contributed by atoms with van der Waals surface area (Å²) < 4.78 is 0. The van der Waals surface area contributed by atoms with Crippen molar-refractivity contribution in [3.05, 3.63) is 65.9 Å². The lowest BCUT2D eigenvalue weighted by molar-refractivity contribution is -0.691. The Morgan fingerprint density at radius 2 is 1.81 bits per heavy atom. The highest BCUT2D eigenvalue weighted by atomic mass is 32.2. The predicted molar refractivity (Wildman–Crippen MR) is 118 cm³/mol. The highest BCUT2D eigenvalue weighted by Gasteiger charge is 2.23. The molecule has 0 aliphatic carbocycles. The maximum absolute atomic E-state index is 3.48. The van der Waals surface area contributed by atoms with Gasteiger partial charge >= 0.3 is 0 Å². The summed E-state index contributed by atoms with van der Waals surface area (Å²) in [6, 6.07) is 18.6. The van der Waals surface area contributed by atoms with Crippen LogP contribution in [0, 0.1) is 0 Å². The Morgan fingerprint density at radius 3 is 2.56 bits per heavy atom. The van der Waals surface area contributed by atoms with Crippen molar-refractivity contribution in [3.63, 3.8) is 0 Å². The lowest BCUT2D eigenvalue weighted by atomic mass is 9.90. The summed E-state index contributed by atoms with van der Waals surface area (Å²) in [5, 5.41) is 3.96. The molecule has 27 heavy (non-hydrogen) atoms. The van der Waals surface area contributed by atoms with Crippen molar-refractivity contribution < 1.29 is 5.32 Å². The van der Waals surface area contributed by atoms with Gasteiger partial charge in [-0.25, -0.2) is 0 Å². The van der Waals surface area contributed by atoms with Crippen molar-refractivity contribution in [2.24, 2.45) is 0 Å². The molecule has 142 valence electrons. The number of H-pyrrole nitrogens is 1. The van der Waals surface area contributed by atoms with Gasteiger partial charge in [0.05, 0.1) is 18.5 Å². The predicted octanol–water partition coefficient (Wildman–Crippen LogP) is 3.82. The summed E-state index contributed by atoms with van der Waals surface area (Å²) in [6.07, 6.45) is 4.90. The fourth-order valence-electron chi connectivity index (χ4n) is 4.11. The van der Waals surface area contributed by atoms with Crippen molar-refractivity contribution in [3.8, 4) is 0 Å². The molecule has 2 aromatic carbocycles. The van der Waals surface area contributed by atoms with E-state index in [-0.39, 0.29) is 0 Å². The largest absolute Gasteiger partial charge is 0.378 e. The van der Waals surface area contributed by atoms with Crippen LogP contribution in [0.4, 0.5) is 5.69 Å². The van der Waals surface area contributed by atoms with Gasteiger partial charge in [-0.2, -0.15) is 11.8 Å². The average molecular weight is 381 g/mol.